The molecule has 19 heavy (non-hydrogen) atoms. The van der Waals surface area contributed by atoms with Gasteiger partial charge in [0.1, 0.15) is 0 Å². The Morgan fingerprint density at radius 3 is 2.58 bits per heavy atom. The first-order valence-corrected chi connectivity index (χ1v) is 7.21. The maximum atomic E-state index is 12.0. The second kappa shape index (κ2) is 7.36. The summed E-state index contributed by atoms with van der Waals surface area (Å²) < 4.78 is 0. The summed E-state index contributed by atoms with van der Waals surface area (Å²) in [4.78, 5) is 24.8. The minimum absolute atomic E-state index is 0.124. The lowest BCUT2D eigenvalue weighted by molar-refractivity contribution is -0.141. The number of carboxylic acids is 1. The van der Waals surface area contributed by atoms with Crippen molar-refractivity contribution >= 4 is 12.0 Å². The number of piperidine rings is 1. The minimum atomic E-state index is -0.831. The van der Waals surface area contributed by atoms with E-state index in [2.05, 4.69) is 19.2 Å². The second-order valence-corrected chi connectivity index (χ2v) is 5.70. The molecule has 1 rings (SSSR count). The van der Waals surface area contributed by atoms with Gasteiger partial charge in [0.2, 0.25) is 0 Å². The topological polar surface area (TPSA) is 69.6 Å². The number of nitrogens with one attached hydrogen (secondary N) is 1. The molecule has 2 amide bonds. The highest BCUT2D eigenvalue weighted by Gasteiger charge is 2.26. The van der Waals surface area contributed by atoms with Gasteiger partial charge in [0.15, 0.2) is 0 Å². The van der Waals surface area contributed by atoms with Gasteiger partial charge in [-0.3, -0.25) is 4.79 Å². The third-order valence-corrected chi connectivity index (χ3v) is 4.11. The Balaban J connectivity index is 2.40. The molecular weight excluding hydrogens is 244 g/mol. The molecule has 1 heterocycles. The highest BCUT2D eigenvalue weighted by Crippen LogP contribution is 2.22. The number of carboxylic acid groups (broad SMARTS) is 1. The van der Waals surface area contributed by atoms with Crippen molar-refractivity contribution in [3.8, 4) is 0 Å². The summed E-state index contributed by atoms with van der Waals surface area (Å²) in [5.74, 6) is -0.154. The summed E-state index contributed by atoms with van der Waals surface area (Å²) in [6, 6.07) is -0.124. The average molecular weight is 270 g/mol. The number of aliphatic carboxylic acids is 1. The Morgan fingerprint density at radius 1 is 1.37 bits per heavy atom. The van der Waals surface area contributed by atoms with Gasteiger partial charge in [0, 0.05) is 19.6 Å². The highest BCUT2D eigenvalue weighted by atomic mass is 16.4. The summed E-state index contributed by atoms with van der Waals surface area (Å²) in [6.07, 6.45) is 2.43. The van der Waals surface area contributed by atoms with Crippen molar-refractivity contribution in [2.24, 2.45) is 17.8 Å². The van der Waals surface area contributed by atoms with E-state index in [4.69, 9.17) is 5.11 Å². The Morgan fingerprint density at radius 2 is 2.05 bits per heavy atom. The summed E-state index contributed by atoms with van der Waals surface area (Å²) in [5.41, 5.74) is 0. The van der Waals surface area contributed by atoms with E-state index >= 15 is 0 Å². The van der Waals surface area contributed by atoms with Gasteiger partial charge in [-0.25, -0.2) is 4.79 Å². The molecule has 0 radical (unpaired) electrons. The summed E-state index contributed by atoms with van der Waals surface area (Å²) in [7, 11) is 0. The highest BCUT2D eigenvalue weighted by molar-refractivity contribution is 5.76. The molecule has 0 aromatic rings. The molecular formula is C14H26N2O3. The summed E-state index contributed by atoms with van der Waals surface area (Å²) in [6.45, 7) is 8.07. The zero-order chi connectivity index (χ0) is 14.4. The van der Waals surface area contributed by atoms with E-state index in [1.54, 1.807) is 4.90 Å². The Kier molecular flexibility index (Phi) is 6.12. The van der Waals surface area contributed by atoms with Crippen LogP contribution in [0.25, 0.3) is 0 Å². The van der Waals surface area contributed by atoms with Crippen LogP contribution < -0.4 is 5.32 Å². The zero-order valence-electron chi connectivity index (χ0n) is 12.2. The lowest BCUT2D eigenvalue weighted by atomic mass is 9.89. The van der Waals surface area contributed by atoms with E-state index in [0.29, 0.717) is 18.3 Å². The molecule has 0 aromatic carbocycles. The van der Waals surface area contributed by atoms with Gasteiger partial charge in [-0.2, -0.15) is 0 Å². The Bertz CT molecular complexity index is 320. The van der Waals surface area contributed by atoms with Crippen LogP contribution in [-0.2, 0) is 4.79 Å². The molecule has 5 nitrogen and oxygen atoms in total. The summed E-state index contributed by atoms with van der Waals surface area (Å²) >= 11 is 0. The fraction of sp³-hybridized carbons (Fsp3) is 0.857. The molecule has 1 aliphatic heterocycles. The first-order chi connectivity index (χ1) is 8.95. The Hall–Kier alpha value is -1.26. The maximum Gasteiger partial charge on any atom is 0.317 e. The van der Waals surface area contributed by atoms with Crippen molar-refractivity contribution in [1.82, 2.24) is 10.2 Å². The smallest absolute Gasteiger partial charge is 0.317 e. The van der Waals surface area contributed by atoms with Crippen LogP contribution in [-0.4, -0.2) is 41.6 Å². The van der Waals surface area contributed by atoms with Crippen molar-refractivity contribution < 1.29 is 14.7 Å². The molecule has 3 unspecified atom stereocenters. The van der Waals surface area contributed by atoms with Gasteiger partial charge in [-0.05, 0) is 24.7 Å². The average Bonchev–Trinajstić information content (AvgIpc) is 2.37. The van der Waals surface area contributed by atoms with E-state index in [-0.39, 0.29) is 12.6 Å². The van der Waals surface area contributed by atoms with E-state index in [0.717, 1.165) is 25.9 Å². The number of carbonyl (C=O) groups excluding carboxylic acids is 1. The molecule has 0 bridgehead atoms. The number of amides is 2. The van der Waals surface area contributed by atoms with Gasteiger partial charge < -0.3 is 15.3 Å². The Labute approximate surface area is 115 Å². The van der Waals surface area contributed by atoms with Crippen LogP contribution in [0, 0.1) is 17.8 Å². The number of urea groups is 1. The number of hydrogen-bond donors (Lipinski definition) is 2. The molecule has 0 aliphatic carbocycles. The van der Waals surface area contributed by atoms with Crippen LogP contribution in [0.15, 0.2) is 0 Å². The van der Waals surface area contributed by atoms with Crippen molar-refractivity contribution in [3.63, 3.8) is 0 Å². The number of likely N-dealkylation sites (tertiary alicyclic amines) is 1. The fourth-order valence-electron chi connectivity index (χ4n) is 2.43. The van der Waals surface area contributed by atoms with Crippen LogP contribution in [0.5, 0.6) is 0 Å². The van der Waals surface area contributed by atoms with Gasteiger partial charge in [0.25, 0.3) is 0 Å². The molecule has 1 aliphatic rings. The van der Waals surface area contributed by atoms with Crippen LogP contribution in [0.4, 0.5) is 4.79 Å². The van der Waals surface area contributed by atoms with Crippen molar-refractivity contribution in [2.45, 2.75) is 40.0 Å². The molecule has 0 saturated carbocycles. The van der Waals surface area contributed by atoms with Crippen LogP contribution in [0.2, 0.25) is 0 Å². The minimum Gasteiger partial charge on any atom is -0.481 e. The summed E-state index contributed by atoms with van der Waals surface area (Å²) in [5, 5.41) is 11.8. The molecule has 0 spiro atoms. The predicted molar refractivity (Wildman–Crippen MR) is 74.0 cm³/mol. The van der Waals surface area contributed by atoms with Gasteiger partial charge in [-0.15, -0.1) is 0 Å². The molecule has 3 atom stereocenters. The first kappa shape index (κ1) is 15.8. The van der Waals surface area contributed by atoms with Crippen LogP contribution in [0.3, 0.4) is 0 Å². The van der Waals surface area contributed by atoms with E-state index in [9.17, 15) is 9.59 Å². The molecule has 5 heteroatoms. The first-order valence-electron chi connectivity index (χ1n) is 7.21. The molecule has 1 saturated heterocycles. The third-order valence-electron chi connectivity index (χ3n) is 4.11. The molecule has 1 fully saturated rings. The normalized spacial score (nSPS) is 24.9. The van der Waals surface area contributed by atoms with E-state index in [1.165, 1.54) is 0 Å². The van der Waals surface area contributed by atoms with Crippen LogP contribution in [0.1, 0.15) is 40.0 Å². The van der Waals surface area contributed by atoms with E-state index in [1.807, 2.05) is 6.92 Å². The standard InChI is InChI=1S/C14H26N2O3/c1-4-5-12(13(17)18)8-15-14(19)16-7-6-10(2)11(3)9-16/h10-12H,4-9H2,1-3H3,(H,15,19)(H,17,18). The van der Waals surface area contributed by atoms with Crippen molar-refractivity contribution in [2.75, 3.05) is 19.6 Å². The fourth-order valence-corrected chi connectivity index (χ4v) is 2.43. The van der Waals surface area contributed by atoms with Crippen LogP contribution >= 0.6 is 0 Å². The lowest BCUT2D eigenvalue weighted by Gasteiger charge is -2.35. The number of hydrogen-bond acceptors (Lipinski definition) is 2. The quantitative estimate of drug-likeness (QED) is 0.804. The number of rotatable bonds is 5. The van der Waals surface area contributed by atoms with Crippen molar-refractivity contribution in [1.29, 1.82) is 0 Å². The number of nitrogens with zero attached hydrogens (tertiary/aromatic N) is 1. The van der Waals surface area contributed by atoms with E-state index < -0.39 is 11.9 Å². The monoisotopic (exact) mass is 270 g/mol. The molecule has 2 N–H and O–H groups in total. The zero-order valence-corrected chi connectivity index (χ0v) is 12.2. The SMILES string of the molecule is CCCC(CNC(=O)N1CCC(C)C(C)C1)C(=O)O. The predicted octanol–water partition coefficient (Wildman–Crippen LogP) is 2.17. The van der Waals surface area contributed by atoms with Gasteiger partial charge >= 0.3 is 12.0 Å². The molecule has 110 valence electrons. The van der Waals surface area contributed by atoms with Crippen molar-refractivity contribution in [3.05, 3.63) is 0 Å². The molecule has 0 aromatic heterocycles. The third kappa shape index (κ3) is 4.73. The van der Waals surface area contributed by atoms with Gasteiger partial charge in [0.05, 0.1) is 5.92 Å². The number of carbonyl (C=O) groups is 2. The van der Waals surface area contributed by atoms with Gasteiger partial charge in [-0.1, -0.05) is 27.2 Å². The second-order valence-electron chi connectivity index (χ2n) is 5.70. The maximum absolute atomic E-state index is 12.0. The lowest BCUT2D eigenvalue weighted by Crippen LogP contribution is -2.48. The largest absolute Gasteiger partial charge is 0.481 e.